The molecule has 1 heteroatoms. The second-order valence-corrected chi connectivity index (χ2v) is 9.85. The molecule has 0 bridgehead atoms. The predicted octanol–water partition coefficient (Wildman–Crippen LogP) is 10.8. The van der Waals surface area contributed by atoms with E-state index in [4.69, 9.17) is 0 Å². The van der Waals surface area contributed by atoms with Crippen molar-refractivity contribution < 1.29 is 0 Å². The van der Waals surface area contributed by atoms with Crippen LogP contribution in [0.15, 0.2) is 164 Å². The van der Waals surface area contributed by atoms with Crippen LogP contribution in [0.5, 0.6) is 0 Å². The molecule has 0 aliphatic heterocycles. The van der Waals surface area contributed by atoms with Gasteiger partial charge in [-0.3, -0.25) is 0 Å². The van der Waals surface area contributed by atoms with Crippen molar-refractivity contribution in [2.45, 2.75) is 0 Å². The molecule has 0 spiro atoms. The molecule has 0 aliphatic rings. The molecular formula is C38H27N. The number of rotatable bonds is 5. The molecule has 0 saturated carbocycles. The number of hydrogen-bond acceptors (Lipinski definition) is 1. The third-order valence-electron chi connectivity index (χ3n) is 7.45. The van der Waals surface area contributed by atoms with Crippen LogP contribution >= 0.6 is 0 Å². The second-order valence-electron chi connectivity index (χ2n) is 9.85. The SMILES string of the molecule is c1ccc(-c2ccc(N(c3ccccc3)c3ccc(-c4ccc5ccc6ccccc6c5c4)cc3)cc2)cc1. The minimum Gasteiger partial charge on any atom is -0.311 e. The average molecular weight is 498 g/mol. The van der Waals surface area contributed by atoms with E-state index in [9.17, 15) is 0 Å². The Bertz CT molecular complexity index is 1870. The van der Waals surface area contributed by atoms with E-state index in [2.05, 4.69) is 169 Å². The molecule has 0 aliphatic carbocycles. The summed E-state index contributed by atoms with van der Waals surface area (Å²) in [5, 5.41) is 5.12. The molecular weight excluding hydrogens is 470 g/mol. The first-order valence-corrected chi connectivity index (χ1v) is 13.4. The van der Waals surface area contributed by atoms with E-state index in [0.29, 0.717) is 0 Å². The van der Waals surface area contributed by atoms with Crippen LogP contribution in [0.4, 0.5) is 17.1 Å². The summed E-state index contributed by atoms with van der Waals surface area (Å²) >= 11 is 0. The van der Waals surface area contributed by atoms with Gasteiger partial charge in [0.1, 0.15) is 0 Å². The largest absolute Gasteiger partial charge is 0.311 e. The minimum atomic E-state index is 1.13. The highest BCUT2D eigenvalue weighted by Crippen LogP contribution is 2.37. The van der Waals surface area contributed by atoms with Crippen LogP contribution in [0, 0.1) is 0 Å². The van der Waals surface area contributed by atoms with Crippen molar-refractivity contribution in [2.24, 2.45) is 0 Å². The Morgan fingerprint density at radius 1 is 0.282 bits per heavy atom. The lowest BCUT2D eigenvalue weighted by molar-refractivity contribution is 1.28. The highest BCUT2D eigenvalue weighted by atomic mass is 15.1. The van der Waals surface area contributed by atoms with E-state index < -0.39 is 0 Å². The summed E-state index contributed by atoms with van der Waals surface area (Å²) in [7, 11) is 0. The second kappa shape index (κ2) is 9.96. The van der Waals surface area contributed by atoms with Crippen LogP contribution < -0.4 is 4.90 Å². The molecule has 7 aromatic rings. The molecule has 0 fully saturated rings. The maximum atomic E-state index is 2.32. The van der Waals surface area contributed by atoms with Crippen molar-refractivity contribution >= 4 is 38.6 Å². The fourth-order valence-corrected chi connectivity index (χ4v) is 5.44. The molecule has 39 heavy (non-hydrogen) atoms. The lowest BCUT2D eigenvalue weighted by atomic mass is 9.97. The van der Waals surface area contributed by atoms with E-state index >= 15 is 0 Å². The smallest absolute Gasteiger partial charge is 0.0462 e. The Morgan fingerprint density at radius 3 is 1.38 bits per heavy atom. The van der Waals surface area contributed by atoms with Gasteiger partial charge in [-0.15, -0.1) is 0 Å². The van der Waals surface area contributed by atoms with Crippen molar-refractivity contribution in [1.29, 1.82) is 0 Å². The highest BCUT2D eigenvalue weighted by molar-refractivity contribution is 6.08. The fourth-order valence-electron chi connectivity index (χ4n) is 5.44. The molecule has 0 radical (unpaired) electrons. The predicted molar refractivity (Wildman–Crippen MR) is 167 cm³/mol. The molecule has 1 nitrogen and oxygen atoms in total. The van der Waals surface area contributed by atoms with E-state index in [1.165, 1.54) is 43.8 Å². The number of hydrogen-bond donors (Lipinski definition) is 0. The molecule has 0 amide bonds. The fraction of sp³-hybridized carbons (Fsp3) is 0. The van der Waals surface area contributed by atoms with Crippen LogP contribution in [0.25, 0.3) is 43.8 Å². The quantitative estimate of drug-likeness (QED) is 0.214. The summed E-state index contributed by atoms with van der Waals surface area (Å²) in [5.41, 5.74) is 8.27. The Labute approximate surface area is 229 Å². The van der Waals surface area contributed by atoms with Gasteiger partial charge in [0, 0.05) is 17.1 Å². The first kappa shape index (κ1) is 23.0. The van der Waals surface area contributed by atoms with Gasteiger partial charge in [0.15, 0.2) is 0 Å². The van der Waals surface area contributed by atoms with Crippen molar-refractivity contribution in [3.8, 4) is 22.3 Å². The highest BCUT2D eigenvalue weighted by Gasteiger charge is 2.13. The zero-order valence-electron chi connectivity index (χ0n) is 21.5. The van der Waals surface area contributed by atoms with Crippen LogP contribution in [0.1, 0.15) is 0 Å². The standard InChI is InChI=1S/C38H27N/c1-3-9-28(10-4-1)29-19-23-35(24-20-29)39(34-12-5-2-6-13-34)36-25-21-30(22-26-36)33-18-17-32-16-15-31-11-7-8-14-37(31)38(32)27-33/h1-27H. The van der Waals surface area contributed by atoms with Crippen molar-refractivity contribution in [3.05, 3.63) is 164 Å². The topological polar surface area (TPSA) is 3.24 Å². The molecule has 0 saturated heterocycles. The Kier molecular flexibility index (Phi) is 5.88. The van der Waals surface area contributed by atoms with E-state index in [0.717, 1.165) is 17.1 Å². The molecule has 0 aromatic heterocycles. The molecule has 184 valence electrons. The Morgan fingerprint density at radius 2 is 0.718 bits per heavy atom. The van der Waals surface area contributed by atoms with Gasteiger partial charge in [-0.2, -0.15) is 0 Å². The lowest BCUT2D eigenvalue weighted by Gasteiger charge is -2.26. The zero-order chi connectivity index (χ0) is 26.0. The molecule has 7 aromatic carbocycles. The van der Waals surface area contributed by atoms with Gasteiger partial charge in [0.2, 0.25) is 0 Å². The summed E-state index contributed by atoms with van der Waals surface area (Å²) in [6.45, 7) is 0. The van der Waals surface area contributed by atoms with Crippen molar-refractivity contribution in [1.82, 2.24) is 0 Å². The average Bonchev–Trinajstić information content (AvgIpc) is 3.02. The Hall–Kier alpha value is -5.14. The number of para-hydroxylation sites is 1. The first-order chi connectivity index (χ1) is 19.3. The van der Waals surface area contributed by atoms with E-state index in [1.54, 1.807) is 0 Å². The van der Waals surface area contributed by atoms with Gasteiger partial charge in [-0.05, 0) is 86.3 Å². The van der Waals surface area contributed by atoms with Crippen LogP contribution in [-0.2, 0) is 0 Å². The zero-order valence-corrected chi connectivity index (χ0v) is 21.5. The lowest BCUT2D eigenvalue weighted by Crippen LogP contribution is -2.09. The van der Waals surface area contributed by atoms with Gasteiger partial charge in [-0.25, -0.2) is 0 Å². The summed E-state index contributed by atoms with van der Waals surface area (Å²) in [6.07, 6.45) is 0. The Balaban J connectivity index is 1.26. The van der Waals surface area contributed by atoms with Crippen molar-refractivity contribution in [2.75, 3.05) is 4.90 Å². The number of nitrogens with zero attached hydrogens (tertiary/aromatic N) is 1. The van der Waals surface area contributed by atoms with Crippen LogP contribution in [-0.4, -0.2) is 0 Å². The molecule has 0 heterocycles. The summed E-state index contributed by atoms with van der Waals surface area (Å²) in [5.74, 6) is 0. The van der Waals surface area contributed by atoms with Gasteiger partial charge < -0.3 is 4.90 Å². The maximum absolute atomic E-state index is 2.32. The number of anilines is 3. The molecule has 0 unspecified atom stereocenters. The normalized spacial score (nSPS) is 11.1. The molecule has 0 N–H and O–H groups in total. The third-order valence-corrected chi connectivity index (χ3v) is 7.45. The van der Waals surface area contributed by atoms with Crippen molar-refractivity contribution in [3.63, 3.8) is 0 Å². The molecule has 0 atom stereocenters. The van der Waals surface area contributed by atoms with E-state index in [-0.39, 0.29) is 0 Å². The summed E-state index contributed by atoms with van der Waals surface area (Å²) in [6, 6.07) is 58.6. The number of fused-ring (bicyclic) bond motifs is 3. The van der Waals surface area contributed by atoms with Gasteiger partial charge in [-0.1, -0.05) is 121 Å². The third kappa shape index (κ3) is 4.45. The minimum absolute atomic E-state index is 1.13. The van der Waals surface area contributed by atoms with Gasteiger partial charge >= 0.3 is 0 Å². The first-order valence-electron chi connectivity index (χ1n) is 13.4. The van der Waals surface area contributed by atoms with Gasteiger partial charge in [0.25, 0.3) is 0 Å². The van der Waals surface area contributed by atoms with Crippen LogP contribution in [0.3, 0.4) is 0 Å². The van der Waals surface area contributed by atoms with E-state index in [1.807, 2.05) is 0 Å². The van der Waals surface area contributed by atoms with Crippen LogP contribution in [0.2, 0.25) is 0 Å². The summed E-state index contributed by atoms with van der Waals surface area (Å²) in [4.78, 5) is 2.31. The monoisotopic (exact) mass is 497 g/mol. The number of benzene rings is 7. The molecule has 7 rings (SSSR count). The summed E-state index contributed by atoms with van der Waals surface area (Å²) < 4.78 is 0. The van der Waals surface area contributed by atoms with Gasteiger partial charge in [0.05, 0.1) is 0 Å². The maximum Gasteiger partial charge on any atom is 0.0462 e.